The summed E-state index contributed by atoms with van der Waals surface area (Å²) in [7, 11) is 0. The van der Waals surface area contributed by atoms with Crippen LogP contribution in [0.2, 0.25) is 0 Å². The molecule has 9 heteroatoms. The Morgan fingerprint density at radius 2 is 2.00 bits per heavy atom. The van der Waals surface area contributed by atoms with Gasteiger partial charge in [-0.25, -0.2) is 9.50 Å². The first-order chi connectivity index (χ1) is 16.6. The molecule has 3 aromatic rings. The van der Waals surface area contributed by atoms with Gasteiger partial charge in [0, 0.05) is 31.6 Å². The van der Waals surface area contributed by atoms with Gasteiger partial charge in [0.15, 0.2) is 5.65 Å². The third kappa shape index (κ3) is 4.60. The van der Waals surface area contributed by atoms with Crippen LogP contribution in [0.3, 0.4) is 0 Å². The molecule has 178 valence electrons. The predicted molar refractivity (Wildman–Crippen MR) is 128 cm³/mol. The molecule has 2 amide bonds. The van der Waals surface area contributed by atoms with Crippen LogP contribution in [0.25, 0.3) is 11.3 Å². The van der Waals surface area contributed by atoms with Gasteiger partial charge in [-0.3, -0.25) is 14.3 Å². The number of hydrogen-bond donors (Lipinski definition) is 2. The van der Waals surface area contributed by atoms with Crippen molar-refractivity contribution in [3.63, 3.8) is 0 Å². The number of allylic oxidation sites excluding steroid dienone is 1. The molecule has 0 bridgehead atoms. The lowest BCUT2D eigenvalue weighted by molar-refractivity contribution is -0.122. The third-order valence-corrected chi connectivity index (χ3v) is 6.80. The fraction of sp³-hybridized carbons (Fsp3) is 0.480. The van der Waals surface area contributed by atoms with E-state index in [0.717, 1.165) is 55.7 Å². The van der Waals surface area contributed by atoms with Gasteiger partial charge in [0.1, 0.15) is 11.4 Å². The normalized spacial score (nSPS) is 18.7. The molecule has 2 fully saturated rings. The van der Waals surface area contributed by atoms with Crippen molar-refractivity contribution < 1.29 is 9.59 Å². The van der Waals surface area contributed by atoms with Crippen LogP contribution in [0.1, 0.15) is 73.7 Å². The highest BCUT2D eigenvalue weighted by atomic mass is 16.2. The Kier molecular flexibility index (Phi) is 6.42. The molecule has 1 aliphatic heterocycles. The molecule has 2 aliphatic rings. The second kappa shape index (κ2) is 9.79. The van der Waals surface area contributed by atoms with E-state index in [-0.39, 0.29) is 17.7 Å². The molecule has 1 aliphatic carbocycles. The van der Waals surface area contributed by atoms with Gasteiger partial charge in [0.2, 0.25) is 5.91 Å². The first-order valence-electron chi connectivity index (χ1n) is 12.3. The number of amides is 2. The van der Waals surface area contributed by atoms with Crippen molar-refractivity contribution in [2.24, 2.45) is 5.92 Å². The van der Waals surface area contributed by atoms with E-state index in [2.05, 4.69) is 15.7 Å². The van der Waals surface area contributed by atoms with Crippen molar-refractivity contribution in [2.75, 3.05) is 6.54 Å². The number of rotatable bonds is 6. The molecule has 0 spiro atoms. The van der Waals surface area contributed by atoms with Crippen LogP contribution in [0.4, 0.5) is 0 Å². The smallest absolute Gasteiger partial charge is 0.273 e. The minimum Gasteiger partial charge on any atom is -0.356 e. The molecule has 0 aromatic carbocycles. The Hall–Kier alpha value is -3.49. The fourth-order valence-corrected chi connectivity index (χ4v) is 4.94. The summed E-state index contributed by atoms with van der Waals surface area (Å²) in [5.74, 6) is -0.106. The zero-order valence-electron chi connectivity index (χ0n) is 19.6. The highest BCUT2D eigenvalue weighted by Gasteiger charge is 2.25. The fourth-order valence-electron chi connectivity index (χ4n) is 4.94. The Labute approximate surface area is 198 Å². The number of hydrogen-bond acceptors (Lipinski definition) is 5. The number of carbonyl (C=O) groups is 2. The number of imidazole rings is 1. The third-order valence-electron chi connectivity index (χ3n) is 6.80. The summed E-state index contributed by atoms with van der Waals surface area (Å²) in [5, 5.41) is 15.0. The highest BCUT2D eigenvalue weighted by molar-refractivity contribution is 5.98. The van der Waals surface area contributed by atoms with Crippen LogP contribution in [-0.2, 0) is 17.8 Å². The molecular weight excluding hydrogens is 430 g/mol. The van der Waals surface area contributed by atoms with Crippen LogP contribution in [0, 0.1) is 5.92 Å². The van der Waals surface area contributed by atoms with Crippen molar-refractivity contribution in [2.45, 2.75) is 64.8 Å². The summed E-state index contributed by atoms with van der Waals surface area (Å²) < 4.78 is 3.46. The van der Waals surface area contributed by atoms with E-state index in [4.69, 9.17) is 10.1 Å². The number of aromatic nitrogens is 5. The van der Waals surface area contributed by atoms with E-state index in [1.807, 2.05) is 25.3 Å². The molecular formula is C25H31N7O2. The Balaban J connectivity index is 1.47. The standard InChI is InChI=1S/C25H31N7O2/c1-2-31-21(12-14-27-31)25(34)29-23(17-7-5-3-4-6-8-17)20-16-32-22(28-20)10-9-19(30-32)15-18-11-13-26-24(18)33/h9-10,12,14,16,18H,2-8,11,13,15H2,1H3,(H,26,33)(H,29,34). The van der Waals surface area contributed by atoms with E-state index in [1.165, 1.54) is 18.4 Å². The van der Waals surface area contributed by atoms with Crippen molar-refractivity contribution in [3.05, 3.63) is 53.2 Å². The van der Waals surface area contributed by atoms with Gasteiger partial charge in [0.05, 0.1) is 17.6 Å². The summed E-state index contributed by atoms with van der Waals surface area (Å²) in [4.78, 5) is 30.0. The van der Waals surface area contributed by atoms with Crippen LogP contribution in [0.5, 0.6) is 0 Å². The molecule has 1 unspecified atom stereocenters. The van der Waals surface area contributed by atoms with Gasteiger partial charge < -0.3 is 10.6 Å². The van der Waals surface area contributed by atoms with E-state index >= 15 is 0 Å². The molecule has 9 nitrogen and oxygen atoms in total. The minimum atomic E-state index is -0.177. The molecule has 2 N–H and O–H groups in total. The molecule has 1 saturated heterocycles. The average Bonchev–Trinajstić information content (AvgIpc) is 3.53. The lowest BCUT2D eigenvalue weighted by Crippen LogP contribution is -2.26. The second-order valence-electron chi connectivity index (χ2n) is 9.11. The van der Waals surface area contributed by atoms with Crippen LogP contribution >= 0.6 is 0 Å². The number of fused-ring (bicyclic) bond motifs is 1. The van der Waals surface area contributed by atoms with Gasteiger partial charge >= 0.3 is 0 Å². The number of aryl methyl sites for hydroxylation is 1. The molecule has 34 heavy (non-hydrogen) atoms. The van der Waals surface area contributed by atoms with Crippen molar-refractivity contribution >= 4 is 23.2 Å². The zero-order chi connectivity index (χ0) is 23.5. The number of nitrogens with one attached hydrogen (secondary N) is 2. The van der Waals surface area contributed by atoms with Crippen molar-refractivity contribution in [1.82, 2.24) is 35.0 Å². The van der Waals surface area contributed by atoms with Crippen LogP contribution in [-0.4, -0.2) is 42.7 Å². The SMILES string of the molecule is CCn1nccc1C(=O)NC(=C1CCCCCC1)c1cn2nc(CC3CCNC3=O)ccc2n1. The van der Waals surface area contributed by atoms with E-state index in [9.17, 15) is 9.59 Å². The molecule has 5 rings (SSSR count). The molecule has 1 saturated carbocycles. The number of carbonyl (C=O) groups excluding carboxylic acids is 2. The maximum atomic E-state index is 13.2. The Morgan fingerprint density at radius 3 is 2.74 bits per heavy atom. The Morgan fingerprint density at radius 1 is 1.18 bits per heavy atom. The monoisotopic (exact) mass is 461 g/mol. The van der Waals surface area contributed by atoms with Crippen molar-refractivity contribution in [1.29, 1.82) is 0 Å². The minimum absolute atomic E-state index is 0.0284. The second-order valence-corrected chi connectivity index (χ2v) is 9.11. The van der Waals surface area contributed by atoms with Crippen molar-refractivity contribution in [3.8, 4) is 0 Å². The van der Waals surface area contributed by atoms with E-state index in [0.29, 0.717) is 24.3 Å². The summed E-state index contributed by atoms with van der Waals surface area (Å²) in [5.41, 5.74) is 4.86. The summed E-state index contributed by atoms with van der Waals surface area (Å²) >= 11 is 0. The predicted octanol–water partition coefficient (Wildman–Crippen LogP) is 3.12. The number of nitrogens with zero attached hydrogens (tertiary/aromatic N) is 5. The summed E-state index contributed by atoms with van der Waals surface area (Å²) in [6.45, 7) is 3.32. The molecule has 0 radical (unpaired) electrons. The zero-order valence-corrected chi connectivity index (χ0v) is 19.6. The molecule has 1 atom stereocenters. The first-order valence-corrected chi connectivity index (χ1v) is 12.3. The summed E-state index contributed by atoms with van der Waals surface area (Å²) in [6.07, 6.45) is 11.5. The maximum absolute atomic E-state index is 13.2. The Bertz CT molecular complexity index is 1230. The average molecular weight is 462 g/mol. The topological polar surface area (TPSA) is 106 Å². The molecule has 3 aromatic heterocycles. The lowest BCUT2D eigenvalue weighted by atomic mass is 10.0. The largest absolute Gasteiger partial charge is 0.356 e. The van der Waals surface area contributed by atoms with Crippen LogP contribution in [0.15, 0.2) is 36.2 Å². The van der Waals surface area contributed by atoms with Gasteiger partial charge in [-0.2, -0.15) is 10.2 Å². The van der Waals surface area contributed by atoms with Gasteiger partial charge in [-0.1, -0.05) is 12.8 Å². The van der Waals surface area contributed by atoms with Gasteiger partial charge in [-0.05, 0) is 62.8 Å². The maximum Gasteiger partial charge on any atom is 0.273 e. The highest BCUT2D eigenvalue weighted by Crippen LogP contribution is 2.29. The quantitative estimate of drug-likeness (QED) is 0.549. The first kappa shape index (κ1) is 22.3. The van der Waals surface area contributed by atoms with E-state index < -0.39 is 0 Å². The van der Waals surface area contributed by atoms with Gasteiger partial charge in [-0.15, -0.1) is 0 Å². The van der Waals surface area contributed by atoms with E-state index in [1.54, 1.807) is 21.5 Å². The lowest BCUT2D eigenvalue weighted by Gasteiger charge is -2.14. The van der Waals surface area contributed by atoms with Crippen LogP contribution < -0.4 is 10.6 Å². The molecule has 4 heterocycles. The summed E-state index contributed by atoms with van der Waals surface area (Å²) in [6, 6.07) is 5.61. The van der Waals surface area contributed by atoms with Gasteiger partial charge in [0.25, 0.3) is 5.91 Å².